The van der Waals surface area contributed by atoms with Crippen LogP contribution < -0.4 is 5.32 Å². The third-order valence-electron chi connectivity index (χ3n) is 7.04. The van der Waals surface area contributed by atoms with Crippen LogP contribution in [0, 0.1) is 10.1 Å². The van der Waals surface area contributed by atoms with Crippen molar-refractivity contribution in [3.63, 3.8) is 0 Å². The molecule has 2 heterocycles. The number of benzene rings is 2. The lowest BCUT2D eigenvalue weighted by atomic mass is 9.80. The maximum Gasteiger partial charge on any atom is 0.269 e. The molecule has 182 valence electrons. The van der Waals surface area contributed by atoms with Gasteiger partial charge in [0.15, 0.2) is 0 Å². The number of hydrogen-bond donors (Lipinski definition) is 1. The zero-order chi connectivity index (χ0) is 25.3. The second-order valence-electron chi connectivity index (χ2n) is 9.46. The Kier molecular flexibility index (Phi) is 6.30. The Bertz CT molecular complexity index is 1540. The number of carbonyl (C=O) groups excluding carboxylic acids is 1. The molecule has 1 aliphatic rings. The van der Waals surface area contributed by atoms with Crippen LogP contribution in [0.2, 0.25) is 0 Å². The van der Waals surface area contributed by atoms with Crippen molar-refractivity contribution in [2.45, 2.75) is 44.1 Å². The topological polar surface area (TPSA) is 134 Å². The Morgan fingerprint density at radius 1 is 1.22 bits per heavy atom. The molecule has 1 fully saturated rings. The van der Waals surface area contributed by atoms with Crippen molar-refractivity contribution in [1.29, 1.82) is 0 Å². The molecule has 5 rings (SSSR count). The largest absolute Gasteiger partial charge is 0.344 e. The van der Waals surface area contributed by atoms with Crippen LogP contribution in [0.5, 0.6) is 0 Å². The minimum atomic E-state index is -0.708. The first-order chi connectivity index (χ1) is 17.4. The van der Waals surface area contributed by atoms with Gasteiger partial charge in [0.25, 0.3) is 11.6 Å². The highest BCUT2D eigenvalue weighted by molar-refractivity contribution is 7.20. The first kappa shape index (κ1) is 23.7. The summed E-state index contributed by atoms with van der Waals surface area (Å²) in [4.78, 5) is 32.6. The molecule has 1 amide bonds. The van der Waals surface area contributed by atoms with Crippen LogP contribution in [0.15, 0.2) is 59.7 Å². The van der Waals surface area contributed by atoms with Gasteiger partial charge in [0, 0.05) is 27.8 Å². The molecule has 0 saturated heterocycles. The smallest absolute Gasteiger partial charge is 0.269 e. The van der Waals surface area contributed by atoms with Gasteiger partial charge >= 0.3 is 0 Å². The van der Waals surface area contributed by atoms with Gasteiger partial charge in [0.05, 0.1) is 27.9 Å². The lowest BCUT2D eigenvalue weighted by Gasteiger charge is -2.24. The van der Waals surface area contributed by atoms with Gasteiger partial charge in [-0.25, -0.2) is 4.98 Å². The highest BCUT2D eigenvalue weighted by atomic mass is 32.1. The number of amides is 1. The average molecular weight is 501 g/mol. The fourth-order valence-electron chi connectivity index (χ4n) is 5.00. The summed E-state index contributed by atoms with van der Waals surface area (Å²) in [5, 5.41) is 19.6. The monoisotopic (exact) mass is 500 g/mol. The van der Waals surface area contributed by atoms with E-state index in [2.05, 4.69) is 46.5 Å². The number of hydrogen-bond acceptors (Lipinski definition) is 6. The molecule has 36 heavy (non-hydrogen) atoms. The van der Waals surface area contributed by atoms with Crippen molar-refractivity contribution in [3.8, 4) is 0 Å². The number of nitro benzene ring substituents is 1. The molecule has 4 aromatic rings. The summed E-state index contributed by atoms with van der Waals surface area (Å²) < 4.78 is 0. The number of non-ortho nitro benzene ring substituents is 1. The van der Waals surface area contributed by atoms with Gasteiger partial charge < -0.3 is 5.32 Å². The second kappa shape index (κ2) is 9.56. The molecular weight excluding hydrogens is 476 g/mol. The summed E-state index contributed by atoms with van der Waals surface area (Å²) in [6.45, 7) is 2.26. The van der Waals surface area contributed by atoms with Crippen LogP contribution >= 0.6 is 11.3 Å². The first-order valence-corrected chi connectivity index (χ1v) is 12.6. The number of pyridine rings is 1. The Labute approximate surface area is 210 Å². The molecule has 0 unspecified atom stereocenters. The predicted octanol–water partition coefficient (Wildman–Crippen LogP) is 6.97. The van der Waals surface area contributed by atoms with E-state index in [0.717, 1.165) is 21.1 Å². The van der Waals surface area contributed by atoms with Gasteiger partial charge in [-0.3, -0.25) is 14.9 Å². The van der Waals surface area contributed by atoms with Gasteiger partial charge in [0.1, 0.15) is 4.83 Å². The second-order valence-corrected chi connectivity index (χ2v) is 10.5. The minimum absolute atomic E-state index is 0.0714. The van der Waals surface area contributed by atoms with Gasteiger partial charge in [-0.05, 0) is 59.2 Å². The fourth-order valence-corrected chi connectivity index (χ4v) is 5.93. The molecule has 0 bridgehead atoms. The maximum atomic E-state index is 13.1. The van der Waals surface area contributed by atoms with Crippen LogP contribution in [-0.4, -0.2) is 22.4 Å². The number of thiophene rings is 1. The van der Waals surface area contributed by atoms with Gasteiger partial charge in [-0.2, -0.15) is 0 Å². The quantitative estimate of drug-likeness (QED) is 0.0963. The lowest BCUT2D eigenvalue weighted by molar-refractivity contribution is -0.384. The molecule has 0 spiro atoms. The number of carbonyl (C=O) groups is 1. The molecule has 10 heteroatoms. The minimum Gasteiger partial charge on any atom is -0.344 e. The van der Waals surface area contributed by atoms with E-state index in [1.165, 1.54) is 60.8 Å². The van der Waals surface area contributed by atoms with Crippen LogP contribution in [0.4, 0.5) is 5.69 Å². The summed E-state index contributed by atoms with van der Waals surface area (Å²) in [6.07, 6.45) is 4.90. The van der Waals surface area contributed by atoms with Crippen LogP contribution in [0.1, 0.15) is 59.4 Å². The van der Waals surface area contributed by atoms with E-state index in [1.807, 2.05) is 6.07 Å². The molecular formula is C26H24N6O3S. The normalized spacial score (nSPS) is 15.5. The SMILES string of the molecule is CC1(c2ccc3nc4sc(C(=O)N[C@H](CN=[N+]=[N-])c5cccc([N+](=O)[O-])c5)cc4cc3c2)CCCC1. The van der Waals surface area contributed by atoms with E-state index in [0.29, 0.717) is 10.4 Å². The summed E-state index contributed by atoms with van der Waals surface area (Å²) in [5.41, 5.74) is 11.6. The predicted molar refractivity (Wildman–Crippen MR) is 140 cm³/mol. The summed E-state index contributed by atoms with van der Waals surface area (Å²) in [6, 6.07) is 15.6. The number of nitrogens with one attached hydrogen (secondary N) is 1. The molecule has 1 N–H and O–H groups in total. The molecule has 2 aromatic carbocycles. The van der Waals surface area contributed by atoms with Gasteiger partial charge in [0.2, 0.25) is 0 Å². The molecule has 9 nitrogen and oxygen atoms in total. The summed E-state index contributed by atoms with van der Waals surface area (Å²) in [5.74, 6) is -0.356. The van der Waals surface area contributed by atoms with Gasteiger partial charge in [-0.1, -0.05) is 43.1 Å². The number of azide groups is 1. The Hall–Kier alpha value is -4.01. The maximum absolute atomic E-state index is 13.1. The molecule has 1 aliphatic carbocycles. The van der Waals surface area contributed by atoms with Crippen LogP contribution in [0.25, 0.3) is 31.6 Å². The van der Waals surface area contributed by atoms with E-state index in [9.17, 15) is 14.9 Å². The number of fused-ring (bicyclic) bond motifs is 2. The van der Waals surface area contributed by atoms with Gasteiger partial charge in [-0.15, -0.1) is 11.3 Å². The lowest BCUT2D eigenvalue weighted by Crippen LogP contribution is -2.29. The summed E-state index contributed by atoms with van der Waals surface area (Å²) >= 11 is 1.28. The standard InChI is InChI=1S/C26H24N6O3S/c1-26(9-2-3-10-26)19-7-8-21-17(12-19)11-18-14-23(36-25(18)30-21)24(33)29-22(15-28-31-27)16-5-4-6-20(13-16)32(34)35/h4-8,11-14,22H,2-3,9-10,15H2,1H3,(H,29,33)/t22-/m1/s1. The number of aromatic nitrogens is 1. The number of rotatable bonds is 7. The molecule has 2 aromatic heterocycles. The van der Waals surface area contributed by atoms with Crippen molar-refractivity contribution in [3.05, 3.63) is 91.2 Å². The number of nitro groups is 1. The third kappa shape index (κ3) is 4.60. The van der Waals surface area contributed by atoms with Crippen LogP contribution in [-0.2, 0) is 5.41 Å². The van der Waals surface area contributed by atoms with Crippen molar-refractivity contribution < 1.29 is 9.72 Å². The molecule has 0 aliphatic heterocycles. The van der Waals surface area contributed by atoms with Crippen molar-refractivity contribution >= 4 is 44.1 Å². The van der Waals surface area contributed by atoms with Crippen LogP contribution in [0.3, 0.4) is 0 Å². The van der Waals surface area contributed by atoms with E-state index < -0.39 is 11.0 Å². The average Bonchev–Trinajstić information content (AvgIpc) is 3.51. The third-order valence-corrected chi connectivity index (χ3v) is 8.09. The van der Waals surface area contributed by atoms with Crippen molar-refractivity contribution in [2.75, 3.05) is 6.54 Å². The Morgan fingerprint density at radius 2 is 2.03 bits per heavy atom. The Balaban J connectivity index is 1.44. The zero-order valence-corrected chi connectivity index (χ0v) is 20.5. The van der Waals surface area contributed by atoms with E-state index in [-0.39, 0.29) is 23.6 Å². The molecule has 1 atom stereocenters. The number of nitrogens with zero attached hydrogens (tertiary/aromatic N) is 5. The summed E-state index contributed by atoms with van der Waals surface area (Å²) in [7, 11) is 0. The van der Waals surface area contributed by atoms with E-state index in [4.69, 9.17) is 10.5 Å². The highest BCUT2D eigenvalue weighted by Gasteiger charge is 2.30. The van der Waals surface area contributed by atoms with E-state index in [1.54, 1.807) is 6.07 Å². The fraction of sp³-hybridized carbons (Fsp3) is 0.308. The molecule has 1 saturated carbocycles. The van der Waals surface area contributed by atoms with E-state index >= 15 is 0 Å². The van der Waals surface area contributed by atoms with Crippen molar-refractivity contribution in [2.24, 2.45) is 5.11 Å². The highest BCUT2D eigenvalue weighted by Crippen LogP contribution is 2.41. The van der Waals surface area contributed by atoms with Crippen molar-refractivity contribution in [1.82, 2.24) is 10.3 Å². The Morgan fingerprint density at radius 3 is 2.78 bits per heavy atom. The molecule has 0 radical (unpaired) electrons. The zero-order valence-electron chi connectivity index (χ0n) is 19.7. The first-order valence-electron chi connectivity index (χ1n) is 11.8.